The van der Waals surface area contributed by atoms with E-state index >= 15 is 0 Å². The molecule has 0 bridgehead atoms. The highest BCUT2D eigenvalue weighted by atomic mass is 32.2. The number of rotatable bonds is 8. The molecule has 1 heterocycles. The van der Waals surface area contributed by atoms with Gasteiger partial charge in [0.2, 0.25) is 5.91 Å². The summed E-state index contributed by atoms with van der Waals surface area (Å²) in [7, 11) is -4.15. The number of carbonyl (C=O) groups is 1. The predicted molar refractivity (Wildman–Crippen MR) is 110 cm³/mol. The summed E-state index contributed by atoms with van der Waals surface area (Å²) in [5, 5.41) is 2.98. The predicted octanol–water partition coefficient (Wildman–Crippen LogP) is 4.26. The number of fused-ring (bicyclic) bond motifs is 1. The van der Waals surface area contributed by atoms with Gasteiger partial charge in [-0.05, 0) is 43.2 Å². The van der Waals surface area contributed by atoms with Crippen LogP contribution in [-0.4, -0.2) is 19.3 Å². The average Bonchev–Trinajstić information content (AvgIpc) is 3.07. The van der Waals surface area contributed by atoms with E-state index in [0.29, 0.717) is 40.7 Å². The van der Waals surface area contributed by atoms with Gasteiger partial charge in [-0.3, -0.25) is 4.79 Å². The highest BCUT2D eigenvalue weighted by Crippen LogP contribution is 2.36. The molecule has 0 spiro atoms. The Labute approximate surface area is 171 Å². The molecule has 11 heteroatoms. The zero-order valence-corrected chi connectivity index (χ0v) is 17.3. The van der Waals surface area contributed by atoms with E-state index in [1.807, 2.05) is 16.9 Å². The fourth-order valence-corrected chi connectivity index (χ4v) is 4.76. The number of nitrogens with one attached hydrogen (secondary N) is 2. The summed E-state index contributed by atoms with van der Waals surface area (Å²) in [6.07, 6.45) is 0.579. The molecule has 3 rings (SSSR count). The third-order valence-electron chi connectivity index (χ3n) is 4.05. The second-order valence-electron chi connectivity index (χ2n) is 6.12. The molecule has 3 aromatic rings. The number of benzene rings is 2. The monoisotopic (exact) mass is 434 g/mol. The van der Waals surface area contributed by atoms with Gasteiger partial charge in [-0.25, -0.2) is 13.1 Å². The first-order valence-corrected chi connectivity index (χ1v) is 10.9. The topological polar surface area (TPSA) is 131 Å². The number of hydrogen-bond acceptors (Lipinski definition) is 9. The lowest BCUT2D eigenvalue weighted by atomic mass is 10.2. The Morgan fingerprint density at radius 2 is 2.00 bits per heavy atom. The Hall–Kier alpha value is -2.92. The van der Waals surface area contributed by atoms with Crippen LogP contribution < -0.4 is 10.0 Å². The summed E-state index contributed by atoms with van der Waals surface area (Å²) >= 11 is 0.474. The minimum absolute atomic E-state index is 0.0734. The lowest BCUT2D eigenvalue weighted by Crippen LogP contribution is -2.30. The summed E-state index contributed by atoms with van der Waals surface area (Å²) in [4.78, 5) is 26.9. The summed E-state index contributed by atoms with van der Waals surface area (Å²) < 4.78 is 35.6. The van der Waals surface area contributed by atoms with Crippen molar-refractivity contribution in [2.24, 2.45) is 4.58 Å². The van der Waals surface area contributed by atoms with Crippen molar-refractivity contribution in [2.45, 2.75) is 36.5 Å². The Kier molecular flexibility index (Phi) is 6.18. The zero-order chi connectivity index (χ0) is 21.0. The maximum atomic E-state index is 12.6. The SMILES string of the molecule is CCCC(=O)NS(=O)(=O)c1ccc(Nc2nc3ccccc3o2)c(C)c1SN=O. The molecule has 0 aliphatic carbocycles. The molecule has 0 unspecified atom stereocenters. The third kappa shape index (κ3) is 4.57. The number of aromatic nitrogens is 1. The molecule has 1 amide bonds. The van der Waals surface area contributed by atoms with Crippen LogP contribution in [0.3, 0.4) is 0 Å². The fraction of sp³-hybridized carbons (Fsp3) is 0.222. The number of anilines is 2. The lowest BCUT2D eigenvalue weighted by Gasteiger charge is -2.14. The molecule has 0 atom stereocenters. The number of sulfonamides is 1. The van der Waals surface area contributed by atoms with Crippen LogP contribution in [0.5, 0.6) is 0 Å². The van der Waals surface area contributed by atoms with Crippen LogP contribution >= 0.6 is 11.9 Å². The third-order valence-corrected chi connectivity index (χ3v) is 6.38. The van der Waals surface area contributed by atoms with Crippen molar-refractivity contribution in [3.63, 3.8) is 0 Å². The summed E-state index contributed by atoms with van der Waals surface area (Å²) in [5.41, 5.74) is 2.19. The number of hydrogen-bond donors (Lipinski definition) is 2. The number of nitroso groups, excluding NO2 is 1. The molecule has 0 aliphatic rings. The second kappa shape index (κ2) is 8.62. The van der Waals surface area contributed by atoms with Gasteiger partial charge >= 0.3 is 0 Å². The zero-order valence-electron chi connectivity index (χ0n) is 15.6. The summed E-state index contributed by atoms with van der Waals surface area (Å²) in [6, 6.07) is 10.2. The van der Waals surface area contributed by atoms with Gasteiger partial charge in [0.15, 0.2) is 5.58 Å². The fourth-order valence-electron chi connectivity index (χ4n) is 2.69. The van der Waals surface area contributed by atoms with Crippen molar-refractivity contribution in [3.05, 3.63) is 46.9 Å². The van der Waals surface area contributed by atoms with Gasteiger partial charge in [0.05, 0.1) is 16.8 Å². The van der Waals surface area contributed by atoms with Crippen LogP contribution in [0.15, 0.2) is 55.2 Å². The van der Waals surface area contributed by atoms with E-state index in [4.69, 9.17) is 4.42 Å². The van der Waals surface area contributed by atoms with Gasteiger partial charge in [-0.15, -0.1) is 4.91 Å². The minimum atomic E-state index is -4.15. The van der Waals surface area contributed by atoms with Crippen molar-refractivity contribution in [2.75, 3.05) is 5.32 Å². The summed E-state index contributed by atoms with van der Waals surface area (Å²) in [5.74, 6) is -0.617. The van der Waals surface area contributed by atoms with Gasteiger partial charge in [-0.2, -0.15) is 4.98 Å². The number of carbonyl (C=O) groups excluding carboxylic acids is 1. The first kappa shape index (κ1) is 20.8. The molecule has 2 N–H and O–H groups in total. The molecule has 1 aromatic heterocycles. The number of amides is 1. The van der Waals surface area contributed by atoms with E-state index in [9.17, 15) is 18.1 Å². The molecule has 2 aromatic carbocycles. The van der Waals surface area contributed by atoms with E-state index in [1.165, 1.54) is 12.1 Å². The first-order chi connectivity index (χ1) is 13.9. The Bertz CT molecular complexity index is 1140. The lowest BCUT2D eigenvalue weighted by molar-refractivity contribution is -0.119. The Morgan fingerprint density at radius 1 is 1.24 bits per heavy atom. The van der Waals surface area contributed by atoms with Crippen LogP contribution in [0, 0.1) is 11.8 Å². The largest absolute Gasteiger partial charge is 0.423 e. The quantitative estimate of drug-likeness (QED) is 0.397. The number of oxazole rings is 1. The van der Waals surface area contributed by atoms with Crippen LogP contribution in [-0.2, 0) is 14.8 Å². The molecule has 0 saturated heterocycles. The smallest absolute Gasteiger partial charge is 0.300 e. The van der Waals surface area contributed by atoms with Crippen LogP contribution in [0.4, 0.5) is 11.7 Å². The second-order valence-corrected chi connectivity index (χ2v) is 8.51. The van der Waals surface area contributed by atoms with E-state index in [1.54, 1.807) is 26.0 Å². The number of para-hydroxylation sites is 2. The van der Waals surface area contributed by atoms with Gasteiger partial charge in [0.1, 0.15) is 10.4 Å². The molecular weight excluding hydrogens is 416 g/mol. The van der Waals surface area contributed by atoms with E-state index in [0.717, 1.165) is 0 Å². The van der Waals surface area contributed by atoms with Crippen LogP contribution in [0.2, 0.25) is 0 Å². The highest BCUT2D eigenvalue weighted by Gasteiger charge is 2.24. The Balaban J connectivity index is 1.97. The highest BCUT2D eigenvalue weighted by molar-refractivity contribution is 7.99. The van der Waals surface area contributed by atoms with E-state index in [-0.39, 0.29) is 22.2 Å². The molecule has 0 radical (unpaired) electrons. The molecule has 0 fully saturated rings. The van der Waals surface area contributed by atoms with E-state index in [2.05, 4.69) is 14.9 Å². The molecule has 9 nitrogen and oxygen atoms in total. The number of nitrogens with zero attached hydrogens (tertiary/aromatic N) is 2. The molecule has 0 aliphatic heterocycles. The van der Waals surface area contributed by atoms with Crippen molar-refractivity contribution in [1.82, 2.24) is 9.71 Å². The van der Waals surface area contributed by atoms with Crippen molar-refractivity contribution >= 4 is 50.7 Å². The standard InChI is InChI=1S/C18H18N4O5S2/c1-3-6-16(23)21-29(25,26)15-10-9-12(11(2)17(15)28-22-24)19-18-20-13-7-4-5-8-14(13)27-18/h4-5,7-10H,3,6H2,1-2H3,(H,19,20)(H,21,23). The van der Waals surface area contributed by atoms with Crippen molar-refractivity contribution < 1.29 is 17.6 Å². The van der Waals surface area contributed by atoms with Gasteiger partial charge in [0.25, 0.3) is 16.0 Å². The van der Waals surface area contributed by atoms with Crippen molar-refractivity contribution in [3.8, 4) is 0 Å². The average molecular weight is 434 g/mol. The molecule has 152 valence electrons. The minimum Gasteiger partial charge on any atom is -0.423 e. The normalized spacial score (nSPS) is 11.4. The van der Waals surface area contributed by atoms with Crippen molar-refractivity contribution in [1.29, 1.82) is 0 Å². The molecule has 0 saturated carbocycles. The van der Waals surface area contributed by atoms with E-state index < -0.39 is 15.9 Å². The van der Waals surface area contributed by atoms with Gasteiger partial charge in [-0.1, -0.05) is 19.1 Å². The maximum absolute atomic E-state index is 12.6. The molecular formula is C18H18N4O5S2. The maximum Gasteiger partial charge on any atom is 0.300 e. The summed E-state index contributed by atoms with van der Waals surface area (Å²) in [6.45, 7) is 3.39. The van der Waals surface area contributed by atoms with Crippen LogP contribution in [0.1, 0.15) is 25.3 Å². The Morgan fingerprint density at radius 3 is 2.69 bits per heavy atom. The van der Waals surface area contributed by atoms with Gasteiger partial charge in [0, 0.05) is 16.7 Å². The molecule has 29 heavy (non-hydrogen) atoms. The van der Waals surface area contributed by atoms with Gasteiger partial charge < -0.3 is 9.73 Å². The first-order valence-electron chi connectivity index (χ1n) is 8.67. The van der Waals surface area contributed by atoms with Crippen LogP contribution in [0.25, 0.3) is 11.1 Å².